The molecule has 5 heteroatoms. The number of benzene rings is 1. The van der Waals surface area contributed by atoms with Crippen molar-refractivity contribution < 1.29 is 8.42 Å². The number of aryl methyl sites for hydroxylation is 2. The molecule has 0 aliphatic carbocycles. The topological polar surface area (TPSA) is 63.4 Å². The molecule has 1 heterocycles. The Labute approximate surface area is 122 Å². The first-order chi connectivity index (χ1) is 9.26. The van der Waals surface area contributed by atoms with Gasteiger partial charge in [-0.05, 0) is 50.7 Å². The third-order valence-corrected chi connectivity index (χ3v) is 6.68. The summed E-state index contributed by atoms with van der Waals surface area (Å²) in [6, 6.07) is 3.72. The quantitative estimate of drug-likeness (QED) is 0.853. The summed E-state index contributed by atoms with van der Waals surface area (Å²) in [6.07, 6.45) is 1.99. The van der Waals surface area contributed by atoms with Gasteiger partial charge in [-0.1, -0.05) is 19.1 Å². The van der Waals surface area contributed by atoms with Crippen molar-refractivity contribution in [3.63, 3.8) is 0 Å². The van der Waals surface area contributed by atoms with Gasteiger partial charge in [0.1, 0.15) is 4.90 Å². The number of sulfonamides is 1. The summed E-state index contributed by atoms with van der Waals surface area (Å²) in [6.45, 7) is 8.33. The molecule has 1 aliphatic heterocycles. The second kappa shape index (κ2) is 5.37. The van der Waals surface area contributed by atoms with Crippen molar-refractivity contribution in [1.82, 2.24) is 4.31 Å². The van der Waals surface area contributed by atoms with E-state index in [1.807, 2.05) is 26.0 Å². The maximum Gasteiger partial charge on any atom is 0.245 e. The highest BCUT2D eigenvalue weighted by Crippen LogP contribution is 2.33. The summed E-state index contributed by atoms with van der Waals surface area (Å²) >= 11 is 0. The molecule has 1 aliphatic rings. The van der Waals surface area contributed by atoms with Crippen LogP contribution in [0.4, 0.5) is 5.69 Å². The Kier molecular flexibility index (Phi) is 4.12. The smallest absolute Gasteiger partial charge is 0.245 e. The van der Waals surface area contributed by atoms with Crippen LogP contribution in [-0.4, -0.2) is 25.3 Å². The number of anilines is 1. The molecule has 0 bridgehead atoms. The van der Waals surface area contributed by atoms with Crippen LogP contribution in [0, 0.1) is 19.8 Å². The molecule has 2 atom stereocenters. The largest absolute Gasteiger partial charge is 0.397 e. The first-order valence-corrected chi connectivity index (χ1v) is 8.58. The summed E-state index contributed by atoms with van der Waals surface area (Å²) in [4.78, 5) is 0.290. The van der Waals surface area contributed by atoms with E-state index in [1.54, 1.807) is 11.2 Å². The zero-order valence-electron chi connectivity index (χ0n) is 12.7. The molecule has 1 saturated heterocycles. The van der Waals surface area contributed by atoms with Crippen LogP contribution in [0.25, 0.3) is 0 Å². The lowest BCUT2D eigenvalue weighted by Crippen LogP contribution is -2.46. The number of hydrogen-bond donors (Lipinski definition) is 1. The molecule has 0 radical (unpaired) electrons. The average Bonchev–Trinajstić information content (AvgIpc) is 2.37. The van der Waals surface area contributed by atoms with Gasteiger partial charge in [0, 0.05) is 12.6 Å². The van der Waals surface area contributed by atoms with Crippen molar-refractivity contribution in [3.8, 4) is 0 Å². The van der Waals surface area contributed by atoms with Crippen molar-refractivity contribution in [2.75, 3.05) is 12.3 Å². The molecule has 1 aromatic rings. The fourth-order valence-electron chi connectivity index (χ4n) is 2.90. The zero-order valence-corrected chi connectivity index (χ0v) is 13.5. The predicted molar refractivity (Wildman–Crippen MR) is 82.1 cm³/mol. The van der Waals surface area contributed by atoms with Crippen molar-refractivity contribution in [2.24, 2.45) is 5.92 Å². The van der Waals surface area contributed by atoms with Gasteiger partial charge in [-0.3, -0.25) is 0 Å². The molecule has 112 valence electrons. The molecular weight excluding hydrogens is 272 g/mol. The minimum Gasteiger partial charge on any atom is -0.397 e. The second-order valence-corrected chi connectivity index (χ2v) is 7.75. The molecule has 0 aromatic heterocycles. The molecule has 0 saturated carbocycles. The van der Waals surface area contributed by atoms with Crippen LogP contribution in [-0.2, 0) is 10.0 Å². The standard InChI is InChI=1S/C15H24N2O2S/c1-10-6-5-9-17(13(10)4)20(18,19)15-12(3)8-7-11(2)14(15)16/h7-8,10,13H,5-6,9,16H2,1-4H3. The molecule has 20 heavy (non-hydrogen) atoms. The van der Waals surface area contributed by atoms with Crippen molar-refractivity contribution in [2.45, 2.75) is 51.5 Å². The Morgan fingerprint density at radius 1 is 1.20 bits per heavy atom. The maximum atomic E-state index is 13.0. The van der Waals surface area contributed by atoms with Gasteiger partial charge in [0.05, 0.1) is 5.69 Å². The highest BCUT2D eigenvalue weighted by atomic mass is 32.2. The van der Waals surface area contributed by atoms with E-state index in [1.165, 1.54) is 0 Å². The normalized spacial score (nSPS) is 24.8. The van der Waals surface area contributed by atoms with E-state index in [0.717, 1.165) is 24.0 Å². The van der Waals surface area contributed by atoms with E-state index < -0.39 is 10.0 Å². The van der Waals surface area contributed by atoms with Gasteiger partial charge in [0.2, 0.25) is 10.0 Å². The summed E-state index contributed by atoms with van der Waals surface area (Å²) in [5.41, 5.74) is 7.97. The van der Waals surface area contributed by atoms with E-state index in [2.05, 4.69) is 6.92 Å². The first-order valence-electron chi connectivity index (χ1n) is 7.14. The number of hydrogen-bond acceptors (Lipinski definition) is 3. The van der Waals surface area contributed by atoms with Crippen LogP contribution in [0.5, 0.6) is 0 Å². The van der Waals surface area contributed by atoms with Gasteiger partial charge in [0.25, 0.3) is 0 Å². The van der Waals surface area contributed by atoms with Crippen LogP contribution in [0.1, 0.15) is 37.8 Å². The van der Waals surface area contributed by atoms with Crippen LogP contribution >= 0.6 is 0 Å². The average molecular weight is 296 g/mol. The predicted octanol–water partition coefficient (Wildman–Crippen LogP) is 2.69. The monoisotopic (exact) mass is 296 g/mol. The third-order valence-electron chi connectivity index (χ3n) is 4.49. The number of nitrogens with zero attached hydrogens (tertiary/aromatic N) is 1. The van der Waals surface area contributed by atoms with Crippen molar-refractivity contribution in [3.05, 3.63) is 23.3 Å². The Morgan fingerprint density at radius 2 is 1.80 bits per heavy atom. The molecule has 4 nitrogen and oxygen atoms in total. The van der Waals surface area contributed by atoms with Gasteiger partial charge in [-0.2, -0.15) is 4.31 Å². The highest BCUT2D eigenvalue weighted by molar-refractivity contribution is 7.89. The molecule has 2 N–H and O–H groups in total. The lowest BCUT2D eigenvalue weighted by atomic mass is 9.94. The maximum absolute atomic E-state index is 13.0. The van der Waals surface area contributed by atoms with E-state index >= 15 is 0 Å². The van der Waals surface area contributed by atoms with E-state index in [4.69, 9.17) is 5.73 Å². The molecule has 1 fully saturated rings. The van der Waals surface area contributed by atoms with E-state index in [0.29, 0.717) is 23.0 Å². The third kappa shape index (κ3) is 2.44. The molecule has 0 spiro atoms. The number of nitrogens with two attached hydrogens (primary N) is 1. The van der Waals surface area contributed by atoms with Gasteiger partial charge in [0.15, 0.2) is 0 Å². The lowest BCUT2D eigenvalue weighted by Gasteiger charge is -2.37. The van der Waals surface area contributed by atoms with Gasteiger partial charge in [-0.15, -0.1) is 0 Å². The highest BCUT2D eigenvalue weighted by Gasteiger charge is 2.36. The lowest BCUT2D eigenvalue weighted by molar-refractivity contribution is 0.202. The summed E-state index contributed by atoms with van der Waals surface area (Å²) in [5, 5.41) is 0. The van der Waals surface area contributed by atoms with Crippen molar-refractivity contribution in [1.29, 1.82) is 0 Å². The fourth-order valence-corrected chi connectivity index (χ4v) is 5.07. The molecule has 2 rings (SSSR count). The number of piperidine rings is 1. The number of nitrogen functional groups attached to an aromatic ring is 1. The van der Waals surface area contributed by atoms with E-state index in [9.17, 15) is 8.42 Å². The molecule has 2 unspecified atom stereocenters. The minimum absolute atomic E-state index is 0.0214. The Bertz CT molecular complexity index is 611. The second-order valence-electron chi connectivity index (χ2n) is 5.92. The van der Waals surface area contributed by atoms with Crippen LogP contribution in [0.15, 0.2) is 17.0 Å². The molecule has 0 amide bonds. The summed E-state index contributed by atoms with van der Waals surface area (Å²) in [7, 11) is -3.52. The fraction of sp³-hybridized carbons (Fsp3) is 0.600. The van der Waals surface area contributed by atoms with Gasteiger partial charge >= 0.3 is 0 Å². The van der Waals surface area contributed by atoms with E-state index in [-0.39, 0.29) is 6.04 Å². The van der Waals surface area contributed by atoms with Gasteiger partial charge < -0.3 is 5.73 Å². The van der Waals surface area contributed by atoms with Gasteiger partial charge in [-0.25, -0.2) is 8.42 Å². The molecule has 1 aromatic carbocycles. The SMILES string of the molecule is Cc1ccc(C)c(S(=O)(=O)N2CCCC(C)C2C)c1N. The Morgan fingerprint density at radius 3 is 2.45 bits per heavy atom. The van der Waals surface area contributed by atoms with Crippen LogP contribution < -0.4 is 5.73 Å². The Balaban J connectivity index is 2.53. The van der Waals surface area contributed by atoms with Crippen molar-refractivity contribution >= 4 is 15.7 Å². The minimum atomic E-state index is -3.52. The summed E-state index contributed by atoms with van der Waals surface area (Å²) in [5.74, 6) is 0.380. The van der Waals surface area contributed by atoms with Crippen LogP contribution in [0.3, 0.4) is 0 Å². The molecular formula is C15H24N2O2S. The summed E-state index contributed by atoms with van der Waals surface area (Å²) < 4.78 is 27.6. The zero-order chi connectivity index (χ0) is 15.1. The first kappa shape index (κ1) is 15.3. The Hall–Kier alpha value is -1.07. The number of rotatable bonds is 2. The van der Waals surface area contributed by atoms with Crippen LogP contribution in [0.2, 0.25) is 0 Å².